The van der Waals surface area contributed by atoms with Gasteiger partial charge in [-0.2, -0.15) is 0 Å². The van der Waals surface area contributed by atoms with Crippen molar-refractivity contribution in [2.45, 2.75) is 36.5 Å². The molecule has 4 heteroatoms. The van der Waals surface area contributed by atoms with Gasteiger partial charge in [-0.1, -0.05) is 194 Å². The van der Waals surface area contributed by atoms with Gasteiger partial charge < -0.3 is 18.3 Å². The molecule has 0 spiro atoms. The molecule has 1 fully saturated rings. The highest BCUT2D eigenvalue weighted by molar-refractivity contribution is 6.12. The van der Waals surface area contributed by atoms with Crippen LogP contribution in [0.15, 0.2) is 291 Å². The van der Waals surface area contributed by atoms with Crippen LogP contribution >= 0.6 is 0 Å². The van der Waals surface area contributed by atoms with Gasteiger partial charge in [-0.3, -0.25) is 0 Å². The van der Waals surface area contributed by atoms with Crippen molar-refractivity contribution in [2.75, 3.05) is 0 Å². The van der Waals surface area contributed by atoms with Crippen molar-refractivity contribution in [1.29, 1.82) is 0 Å². The number of hydrogen-bond acceptors (Lipinski definition) is 0. The van der Waals surface area contributed by atoms with E-state index >= 15 is 0 Å². The van der Waals surface area contributed by atoms with Gasteiger partial charge in [0.05, 0.1) is 44.1 Å². The summed E-state index contributed by atoms with van der Waals surface area (Å²) in [5, 5.41) is 10.2. The Labute approximate surface area is 475 Å². The zero-order valence-corrected chi connectivity index (χ0v) is 45.3. The topological polar surface area (TPSA) is 19.7 Å². The summed E-state index contributed by atoms with van der Waals surface area (Å²) in [6.07, 6.45) is 3.83. The lowest BCUT2D eigenvalue weighted by atomic mass is 9.55. The molecule has 0 amide bonds. The largest absolute Gasteiger partial charge is 0.309 e. The summed E-state index contributed by atoms with van der Waals surface area (Å²) in [6, 6.07) is 109. The number of nitrogens with zero attached hydrogens (tertiary/aromatic N) is 4. The van der Waals surface area contributed by atoms with E-state index in [0.717, 1.165) is 25.7 Å². The van der Waals surface area contributed by atoms with E-state index in [9.17, 15) is 0 Å². The van der Waals surface area contributed by atoms with E-state index in [4.69, 9.17) is 0 Å². The number of para-hydroxylation sites is 8. The molecule has 4 aromatic heterocycles. The fourth-order valence-electron chi connectivity index (χ4n) is 15.1. The Kier molecular flexibility index (Phi) is 10.4. The number of fused-ring (bicyclic) bond motifs is 12. The highest BCUT2D eigenvalue weighted by Crippen LogP contribution is 2.55. The summed E-state index contributed by atoms with van der Waals surface area (Å²) < 4.78 is 9.78. The van der Waals surface area contributed by atoms with Gasteiger partial charge in [0.1, 0.15) is 0 Å². The lowest BCUT2D eigenvalue weighted by Crippen LogP contribution is -2.41. The molecule has 12 aromatic carbocycles. The number of benzene rings is 12. The van der Waals surface area contributed by atoms with Crippen molar-refractivity contribution in [3.05, 3.63) is 313 Å². The number of rotatable bonds is 8. The highest BCUT2D eigenvalue weighted by atomic mass is 15.0. The Morgan fingerprint density at radius 2 is 0.317 bits per heavy atom. The summed E-state index contributed by atoms with van der Waals surface area (Å²) in [5.74, 6) is 0. The van der Waals surface area contributed by atoms with E-state index in [0.29, 0.717) is 0 Å². The fraction of sp³-hybridized carbons (Fsp3) is 0.0769. The summed E-state index contributed by atoms with van der Waals surface area (Å²) in [7, 11) is 0. The first-order valence-electron chi connectivity index (χ1n) is 29.0. The first-order chi connectivity index (χ1) is 40.6. The molecule has 1 saturated carbocycles. The van der Waals surface area contributed by atoms with Gasteiger partial charge in [0, 0.05) is 76.7 Å². The molecule has 4 heterocycles. The first kappa shape index (κ1) is 46.7. The third-order valence-electron chi connectivity index (χ3n) is 19.0. The Hall–Kier alpha value is -10.2. The van der Waals surface area contributed by atoms with E-state index < -0.39 is 0 Å². The van der Waals surface area contributed by atoms with Crippen molar-refractivity contribution >= 4 is 87.2 Å². The quantitative estimate of drug-likeness (QED) is 0.145. The molecule has 16 aromatic rings. The van der Waals surface area contributed by atoms with E-state index in [1.165, 1.54) is 132 Å². The monoisotopic (exact) mass is 1050 g/mol. The van der Waals surface area contributed by atoms with Gasteiger partial charge >= 0.3 is 0 Å². The average molecular weight is 1050 g/mol. The van der Waals surface area contributed by atoms with Gasteiger partial charge in [-0.05, 0) is 145 Å². The second kappa shape index (κ2) is 18.2. The standard InChI is InChI=1S/C78H56N4/c1-9-25-69-61(17-1)62-18-2-10-26-70(62)79(69)57-41-33-53(34-42-57)77(54-35-43-58(44-36-54)80-71-27-11-3-19-63(71)64-20-4-12-28-72(64)80)49-51-78(52-50-77,55-37-45-59(46-38-55)81-73-29-13-5-21-65(73)66-22-6-14-30-74(66)81)56-39-47-60(48-40-56)82-75-31-15-7-23-67(75)68-24-8-16-32-76(68)82/h1-48H,49-52H2. The third-order valence-corrected chi connectivity index (χ3v) is 19.0. The molecule has 1 aliphatic carbocycles. The zero-order chi connectivity index (χ0) is 53.9. The molecule has 4 nitrogen and oxygen atoms in total. The van der Waals surface area contributed by atoms with Crippen LogP contribution in [0.25, 0.3) is 110 Å². The van der Waals surface area contributed by atoms with Crippen molar-refractivity contribution in [1.82, 2.24) is 18.3 Å². The Balaban J connectivity index is 0.819. The van der Waals surface area contributed by atoms with Crippen LogP contribution < -0.4 is 0 Å². The zero-order valence-electron chi connectivity index (χ0n) is 45.3. The highest BCUT2D eigenvalue weighted by Gasteiger charge is 2.46. The molecule has 0 aliphatic heterocycles. The average Bonchev–Trinajstić information content (AvgIpc) is 3.66. The summed E-state index contributed by atoms with van der Waals surface area (Å²) in [4.78, 5) is 0. The van der Waals surface area contributed by atoms with E-state index in [1.54, 1.807) is 0 Å². The van der Waals surface area contributed by atoms with Crippen molar-refractivity contribution < 1.29 is 0 Å². The minimum absolute atomic E-state index is 0.270. The van der Waals surface area contributed by atoms with E-state index in [2.05, 4.69) is 309 Å². The third kappa shape index (κ3) is 6.85. The molecule has 0 unspecified atom stereocenters. The smallest absolute Gasteiger partial charge is 0.0541 e. The maximum atomic E-state index is 2.45. The van der Waals surface area contributed by atoms with Crippen molar-refractivity contribution in [2.24, 2.45) is 0 Å². The predicted octanol–water partition coefficient (Wildman–Crippen LogP) is 19.9. The molecule has 0 atom stereocenters. The van der Waals surface area contributed by atoms with Crippen LogP contribution in [0.1, 0.15) is 47.9 Å². The Bertz CT molecular complexity index is 4280. The van der Waals surface area contributed by atoms with Crippen molar-refractivity contribution in [3.63, 3.8) is 0 Å². The maximum absolute atomic E-state index is 2.45. The van der Waals surface area contributed by atoms with Crippen LogP contribution in [0.5, 0.6) is 0 Å². The molecule has 1 aliphatic rings. The van der Waals surface area contributed by atoms with Crippen LogP contribution in [0.3, 0.4) is 0 Å². The number of hydrogen-bond donors (Lipinski definition) is 0. The predicted molar refractivity (Wildman–Crippen MR) is 343 cm³/mol. The lowest BCUT2D eigenvalue weighted by molar-refractivity contribution is 0.257. The minimum Gasteiger partial charge on any atom is -0.309 e. The minimum atomic E-state index is -0.270. The molecule has 82 heavy (non-hydrogen) atoms. The summed E-state index contributed by atoms with van der Waals surface area (Å²) in [6.45, 7) is 0. The van der Waals surface area contributed by atoms with E-state index in [1.807, 2.05) is 0 Å². The summed E-state index contributed by atoms with van der Waals surface area (Å²) in [5.41, 5.74) is 19.4. The van der Waals surface area contributed by atoms with Crippen LogP contribution in [0.2, 0.25) is 0 Å². The molecule has 0 bridgehead atoms. The fourth-order valence-corrected chi connectivity index (χ4v) is 15.1. The molecule has 388 valence electrons. The Morgan fingerprint density at radius 1 is 0.171 bits per heavy atom. The van der Waals surface area contributed by atoms with Crippen LogP contribution in [-0.2, 0) is 10.8 Å². The summed E-state index contributed by atoms with van der Waals surface area (Å²) >= 11 is 0. The van der Waals surface area contributed by atoms with Crippen LogP contribution in [-0.4, -0.2) is 18.3 Å². The maximum Gasteiger partial charge on any atom is 0.0541 e. The molecular weight excluding hydrogens is 993 g/mol. The molecule has 0 radical (unpaired) electrons. The SMILES string of the molecule is c1ccc2c(c1)c1ccccc1n2-c1ccc(C2(c3ccc(-n4c5ccccc5c5ccccc54)cc3)CCC(c3ccc(-n4c5ccccc5c5ccccc54)cc3)(c3ccc(-n4c5ccccc5c5ccccc54)cc3)CC2)cc1. The Morgan fingerprint density at radius 3 is 0.476 bits per heavy atom. The van der Waals surface area contributed by atoms with Crippen LogP contribution in [0, 0.1) is 0 Å². The first-order valence-corrected chi connectivity index (χ1v) is 29.0. The van der Waals surface area contributed by atoms with Crippen LogP contribution in [0.4, 0.5) is 0 Å². The van der Waals surface area contributed by atoms with E-state index in [-0.39, 0.29) is 10.8 Å². The van der Waals surface area contributed by atoms with Gasteiger partial charge in [-0.15, -0.1) is 0 Å². The second-order valence-electron chi connectivity index (χ2n) is 22.8. The second-order valence-corrected chi connectivity index (χ2v) is 22.8. The number of aromatic nitrogens is 4. The molecule has 0 saturated heterocycles. The van der Waals surface area contributed by atoms with Gasteiger partial charge in [0.25, 0.3) is 0 Å². The van der Waals surface area contributed by atoms with Gasteiger partial charge in [-0.25, -0.2) is 0 Å². The molecule has 17 rings (SSSR count). The molecule has 0 N–H and O–H groups in total. The normalized spacial score (nSPS) is 14.3. The van der Waals surface area contributed by atoms with Gasteiger partial charge in [0.15, 0.2) is 0 Å². The van der Waals surface area contributed by atoms with Crippen molar-refractivity contribution in [3.8, 4) is 22.7 Å². The molecular formula is C78H56N4. The van der Waals surface area contributed by atoms with Gasteiger partial charge in [0.2, 0.25) is 0 Å². The lowest BCUT2D eigenvalue weighted by Gasteiger charge is -2.48.